The summed E-state index contributed by atoms with van der Waals surface area (Å²) in [7, 11) is 0. The van der Waals surface area contributed by atoms with E-state index in [0.29, 0.717) is 33.7 Å². The van der Waals surface area contributed by atoms with Gasteiger partial charge >= 0.3 is 5.97 Å². The van der Waals surface area contributed by atoms with Crippen LogP contribution in [0, 0.1) is 20.2 Å². The number of benzene rings is 2. The number of esters is 1. The third-order valence-electron chi connectivity index (χ3n) is 6.16. The lowest BCUT2D eigenvalue weighted by molar-refractivity contribution is -0.385. The van der Waals surface area contributed by atoms with Gasteiger partial charge in [0.25, 0.3) is 17.3 Å². The maximum Gasteiger partial charge on any atom is 0.328 e. The van der Waals surface area contributed by atoms with Crippen LogP contribution in [0.25, 0.3) is 0 Å². The number of fused-ring (bicyclic) bond motifs is 4. The number of amides is 1. The van der Waals surface area contributed by atoms with E-state index in [1.165, 1.54) is 36.0 Å². The normalized spacial score (nSPS) is 18.1. The van der Waals surface area contributed by atoms with Crippen molar-refractivity contribution in [2.24, 2.45) is 5.10 Å². The molecule has 2 aromatic carbocycles. The second-order valence-corrected chi connectivity index (χ2v) is 11.1. The van der Waals surface area contributed by atoms with Crippen LogP contribution in [0.1, 0.15) is 20.8 Å². The van der Waals surface area contributed by atoms with Gasteiger partial charge in [0.2, 0.25) is 0 Å². The molecule has 2 unspecified atom stereocenters. The number of hydrazone groups is 1. The van der Waals surface area contributed by atoms with Crippen molar-refractivity contribution >= 4 is 81.2 Å². The van der Waals surface area contributed by atoms with Crippen molar-refractivity contribution in [2.45, 2.75) is 42.6 Å². The first-order valence-corrected chi connectivity index (χ1v) is 14.4. The van der Waals surface area contributed by atoms with Crippen LogP contribution >= 0.6 is 35.7 Å². The molecule has 2 atom stereocenters. The van der Waals surface area contributed by atoms with Crippen LogP contribution < -0.4 is 15.2 Å². The molecule has 0 radical (unpaired) electrons. The molecule has 13 nitrogen and oxygen atoms in total. The molecule has 16 heteroatoms. The SMILES string of the molecule is CC1C(=O)NN=C2CSc3ccc([N+](=O)[O-])cc3N21.CCOC(=O)C(C)N1C(=S)CSc2ccc([N+](=O)[O-])cc21. The Labute approximate surface area is 242 Å². The molecular formula is C24H24N6O7S3. The number of rotatable bonds is 5. The molecule has 0 saturated heterocycles. The largest absolute Gasteiger partial charge is 0.464 e. The first kappa shape index (κ1) is 29.2. The Hall–Kier alpha value is -3.76. The molecule has 210 valence electrons. The maximum atomic E-state index is 12.0. The zero-order valence-electron chi connectivity index (χ0n) is 21.6. The molecule has 3 aliphatic rings. The summed E-state index contributed by atoms with van der Waals surface area (Å²) in [4.78, 5) is 50.3. The number of nitrogens with one attached hydrogen (secondary N) is 1. The fourth-order valence-electron chi connectivity index (χ4n) is 4.20. The maximum absolute atomic E-state index is 12.0. The standard InChI is InChI=1S/C13H14N2O4S2.C11H10N4O3S/c1-3-19-13(16)8(2)14-10-6-9(15(17)18)4-5-11(10)21-7-12(14)20;1-6-11(16)13-12-10-5-19-9-3-2-7(15(17)18)4-8(9)14(6)10/h4-6,8H,3,7H2,1-2H3;2-4,6H,5H2,1H3,(H,13,16). The van der Waals surface area contributed by atoms with Crippen molar-refractivity contribution < 1.29 is 24.2 Å². The average Bonchev–Trinajstić information content (AvgIpc) is 2.94. The monoisotopic (exact) mass is 604 g/mol. The van der Waals surface area contributed by atoms with Crippen molar-refractivity contribution in [2.75, 3.05) is 27.9 Å². The third-order valence-corrected chi connectivity index (χ3v) is 8.81. The summed E-state index contributed by atoms with van der Waals surface area (Å²) in [5, 5.41) is 25.8. The molecule has 1 amide bonds. The lowest BCUT2D eigenvalue weighted by Crippen LogP contribution is -2.54. The third kappa shape index (κ3) is 5.88. The van der Waals surface area contributed by atoms with E-state index in [4.69, 9.17) is 17.0 Å². The number of thiocarbonyl (C=S) groups is 1. The second kappa shape index (κ2) is 12.2. The van der Waals surface area contributed by atoms with E-state index in [1.54, 1.807) is 54.5 Å². The fraction of sp³-hybridized carbons (Fsp3) is 0.333. The minimum atomic E-state index is -0.612. The van der Waals surface area contributed by atoms with Crippen LogP contribution in [0.2, 0.25) is 0 Å². The van der Waals surface area contributed by atoms with E-state index in [-0.39, 0.29) is 23.9 Å². The number of non-ortho nitro benzene ring substituents is 2. The van der Waals surface area contributed by atoms with Gasteiger partial charge in [-0.05, 0) is 32.9 Å². The number of nitrogens with zero attached hydrogens (tertiary/aromatic N) is 5. The summed E-state index contributed by atoms with van der Waals surface area (Å²) < 4.78 is 5.02. The number of ether oxygens (including phenoxy) is 1. The first-order valence-electron chi connectivity index (χ1n) is 12.0. The number of carbonyl (C=O) groups is 2. The lowest BCUT2D eigenvalue weighted by Gasteiger charge is -2.37. The Morgan fingerprint density at radius 3 is 2.30 bits per heavy atom. The zero-order chi connectivity index (χ0) is 29.1. The first-order chi connectivity index (χ1) is 19.0. The quantitative estimate of drug-likeness (QED) is 0.225. The van der Waals surface area contributed by atoms with Crippen LogP contribution in [0.15, 0.2) is 51.3 Å². The predicted molar refractivity (Wildman–Crippen MR) is 156 cm³/mol. The minimum Gasteiger partial charge on any atom is -0.464 e. The Bertz CT molecular complexity index is 1440. The highest BCUT2D eigenvalue weighted by atomic mass is 32.2. The Morgan fingerprint density at radius 1 is 1.12 bits per heavy atom. The Balaban J connectivity index is 0.000000186. The summed E-state index contributed by atoms with van der Waals surface area (Å²) in [5.74, 6) is 1.29. The number of amidine groups is 1. The Kier molecular flexibility index (Phi) is 8.90. The number of thioether (sulfide) groups is 2. The number of nitro groups is 2. The number of hydrogen-bond acceptors (Lipinski definition) is 12. The summed E-state index contributed by atoms with van der Waals surface area (Å²) in [6.45, 7) is 5.44. The van der Waals surface area contributed by atoms with E-state index < -0.39 is 27.9 Å². The van der Waals surface area contributed by atoms with Crippen LogP contribution in [0.3, 0.4) is 0 Å². The number of anilines is 2. The van der Waals surface area contributed by atoms with Gasteiger partial charge in [0.15, 0.2) is 0 Å². The van der Waals surface area contributed by atoms with Gasteiger partial charge in [0.05, 0.1) is 38.6 Å². The molecule has 3 aliphatic heterocycles. The van der Waals surface area contributed by atoms with Gasteiger partial charge in [-0.15, -0.1) is 23.5 Å². The lowest BCUT2D eigenvalue weighted by atomic mass is 10.1. The second-order valence-electron chi connectivity index (χ2n) is 8.64. The highest BCUT2D eigenvalue weighted by molar-refractivity contribution is 8.01. The zero-order valence-corrected chi connectivity index (χ0v) is 24.0. The van der Waals surface area contributed by atoms with Crippen LogP contribution in [0.4, 0.5) is 22.7 Å². The average molecular weight is 605 g/mol. The summed E-state index contributed by atoms with van der Waals surface area (Å²) >= 11 is 8.38. The van der Waals surface area contributed by atoms with Crippen LogP contribution in [-0.2, 0) is 14.3 Å². The van der Waals surface area contributed by atoms with Gasteiger partial charge in [0, 0.05) is 39.8 Å². The van der Waals surface area contributed by atoms with Gasteiger partial charge in [-0.25, -0.2) is 10.2 Å². The van der Waals surface area contributed by atoms with E-state index >= 15 is 0 Å². The molecule has 1 N–H and O–H groups in total. The number of nitro benzene ring substituents is 2. The molecular weight excluding hydrogens is 581 g/mol. The van der Waals surface area contributed by atoms with E-state index in [9.17, 15) is 29.8 Å². The molecule has 0 aromatic heterocycles. The van der Waals surface area contributed by atoms with Crippen molar-refractivity contribution in [3.63, 3.8) is 0 Å². The number of hydrogen-bond donors (Lipinski definition) is 1. The highest BCUT2D eigenvalue weighted by Gasteiger charge is 2.35. The fourth-order valence-corrected chi connectivity index (χ4v) is 6.47. The number of carbonyl (C=O) groups excluding carboxylic acids is 2. The molecule has 0 bridgehead atoms. The molecule has 3 heterocycles. The van der Waals surface area contributed by atoms with E-state index in [0.717, 1.165) is 9.79 Å². The van der Waals surface area contributed by atoms with Gasteiger partial charge in [-0.3, -0.25) is 25.0 Å². The van der Waals surface area contributed by atoms with Crippen molar-refractivity contribution in [3.05, 3.63) is 56.6 Å². The topological polar surface area (TPSA) is 161 Å². The van der Waals surface area contributed by atoms with E-state index in [1.807, 2.05) is 0 Å². The molecule has 0 fully saturated rings. The predicted octanol–water partition coefficient (Wildman–Crippen LogP) is 4.12. The molecule has 5 rings (SSSR count). The molecule has 40 heavy (non-hydrogen) atoms. The van der Waals surface area contributed by atoms with Crippen molar-refractivity contribution in [1.82, 2.24) is 5.43 Å². The molecule has 2 aromatic rings. The molecule has 0 spiro atoms. The highest BCUT2D eigenvalue weighted by Crippen LogP contribution is 2.40. The summed E-state index contributed by atoms with van der Waals surface area (Å²) in [6.07, 6.45) is 0. The minimum absolute atomic E-state index is 0.0128. The summed E-state index contributed by atoms with van der Waals surface area (Å²) in [6, 6.07) is 8.23. The van der Waals surface area contributed by atoms with Gasteiger partial charge < -0.3 is 14.5 Å². The van der Waals surface area contributed by atoms with Crippen molar-refractivity contribution in [3.8, 4) is 0 Å². The molecule has 0 aliphatic carbocycles. The van der Waals surface area contributed by atoms with Gasteiger partial charge in [0.1, 0.15) is 17.9 Å². The smallest absolute Gasteiger partial charge is 0.328 e. The van der Waals surface area contributed by atoms with Crippen LogP contribution in [-0.4, -0.2) is 62.7 Å². The van der Waals surface area contributed by atoms with Crippen LogP contribution in [0.5, 0.6) is 0 Å². The molecule has 0 saturated carbocycles. The Morgan fingerprint density at radius 2 is 1.70 bits per heavy atom. The summed E-state index contributed by atoms with van der Waals surface area (Å²) in [5.41, 5.74) is 3.71. The van der Waals surface area contributed by atoms with Gasteiger partial charge in [-0.2, -0.15) is 5.10 Å². The van der Waals surface area contributed by atoms with Gasteiger partial charge in [-0.1, -0.05) is 12.2 Å². The van der Waals surface area contributed by atoms with E-state index in [2.05, 4.69) is 10.5 Å². The van der Waals surface area contributed by atoms with Crippen molar-refractivity contribution in [1.29, 1.82) is 0 Å².